The van der Waals surface area contributed by atoms with Gasteiger partial charge in [-0.25, -0.2) is 0 Å². The van der Waals surface area contributed by atoms with Crippen LogP contribution in [-0.2, 0) is 4.79 Å². The molecule has 1 saturated carbocycles. The second-order valence-corrected chi connectivity index (χ2v) is 6.28. The van der Waals surface area contributed by atoms with Crippen molar-refractivity contribution < 1.29 is 4.79 Å². The molecule has 1 heterocycles. The molecule has 0 aromatic heterocycles. The molecule has 2 aliphatic rings. The molecule has 1 aliphatic carbocycles. The van der Waals surface area contributed by atoms with E-state index in [1.807, 2.05) is 12.1 Å². The highest BCUT2D eigenvalue weighted by Gasteiger charge is 2.30. The molecule has 1 aromatic rings. The zero-order valence-corrected chi connectivity index (χ0v) is 12.8. The summed E-state index contributed by atoms with van der Waals surface area (Å²) in [6, 6.07) is 8.95. The Hall–Kier alpha value is -1.39. The normalized spacial score (nSPS) is 21.0. The molecular formula is C17H25N3O. The molecule has 2 fully saturated rings. The number of nitrogens with one attached hydrogen (secondary N) is 2. The molecule has 2 N–H and O–H groups in total. The van der Waals surface area contributed by atoms with Crippen molar-refractivity contribution in [1.29, 1.82) is 0 Å². The summed E-state index contributed by atoms with van der Waals surface area (Å²) in [6.07, 6.45) is 4.07. The number of benzene rings is 1. The molecule has 0 bridgehead atoms. The van der Waals surface area contributed by atoms with Gasteiger partial charge in [-0.2, -0.15) is 0 Å². The Balaban J connectivity index is 1.73. The van der Waals surface area contributed by atoms with Gasteiger partial charge in [0.15, 0.2) is 0 Å². The van der Waals surface area contributed by atoms with E-state index in [9.17, 15) is 4.79 Å². The van der Waals surface area contributed by atoms with Crippen molar-refractivity contribution in [2.75, 3.05) is 31.5 Å². The Bertz CT molecular complexity index is 475. The fourth-order valence-corrected chi connectivity index (χ4v) is 3.15. The van der Waals surface area contributed by atoms with Crippen LogP contribution in [0.3, 0.4) is 0 Å². The van der Waals surface area contributed by atoms with Gasteiger partial charge in [-0.1, -0.05) is 25.0 Å². The summed E-state index contributed by atoms with van der Waals surface area (Å²) >= 11 is 0. The average molecular weight is 287 g/mol. The Labute approximate surface area is 126 Å². The number of rotatable bonds is 5. The molecule has 1 amide bonds. The highest BCUT2D eigenvalue weighted by atomic mass is 16.1. The number of hydrogen-bond donors (Lipinski definition) is 2. The molecule has 1 aliphatic heterocycles. The van der Waals surface area contributed by atoms with Gasteiger partial charge in [-0.05, 0) is 30.0 Å². The van der Waals surface area contributed by atoms with Crippen molar-refractivity contribution in [3.05, 3.63) is 29.8 Å². The van der Waals surface area contributed by atoms with Crippen LogP contribution in [0.4, 0.5) is 5.69 Å². The number of piperazine rings is 1. The predicted octanol–water partition coefficient (Wildman–Crippen LogP) is 2.39. The number of carbonyl (C=O) groups excluding carboxylic acids is 1. The van der Waals surface area contributed by atoms with Crippen molar-refractivity contribution in [2.24, 2.45) is 5.92 Å². The van der Waals surface area contributed by atoms with E-state index in [1.165, 1.54) is 24.8 Å². The van der Waals surface area contributed by atoms with Crippen LogP contribution < -0.4 is 10.6 Å². The van der Waals surface area contributed by atoms with Crippen molar-refractivity contribution in [1.82, 2.24) is 10.2 Å². The van der Waals surface area contributed by atoms with Gasteiger partial charge in [0, 0.05) is 44.8 Å². The summed E-state index contributed by atoms with van der Waals surface area (Å²) in [4.78, 5) is 13.7. The number of carbonyl (C=O) groups is 1. The first-order valence-corrected chi connectivity index (χ1v) is 8.04. The van der Waals surface area contributed by atoms with Gasteiger partial charge in [0.05, 0.1) is 0 Å². The average Bonchev–Trinajstić information content (AvgIpc) is 3.30. The van der Waals surface area contributed by atoms with Gasteiger partial charge in [0.1, 0.15) is 0 Å². The van der Waals surface area contributed by atoms with E-state index in [0.29, 0.717) is 6.04 Å². The maximum atomic E-state index is 11.1. The fraction of sp³-hybridized carbons (Fsp3) is 0.588. The molecule has 3 rings (SSSR count). The molecule has 1 aromatic carbocycles. The van der Waals surface area contributed by atoms with E-state index < -0.39 is 0 Å². The van der Waals surface area contributed by atoms with E-state index in [2.05, 4.69) is 27.7 Å². The van der Waals surface area contributed by atoms with Crippen LogP contribution in [0.5, 0.6) is 0 Å². The quantitative estimate of drug-likeness (QED) is 0.874. The van der Waals surface area contributed by atoms with Crippen molar-refractivity contribution >= 4 is 11.6 Å². The zero-order chi connectivity index (χ0) is 14.7. The van der Waals surface area contributed by atoms with Gasteiger partial charge >= 0.3 is 0 Å². The summed E-state index contributed by atoms with van der Waals surface area (Å²) in [5, 5.41) is 6.27. The van der Waals surface area contributed by atoms with E-state index in [4.69, 9.17) is 0 Å². The number of anilines is 1. The van der Waals surface area contributed by atoms with Crippen LogP contribution in [0.25, 0.3) is 0 Å². The Morgan fingerprint density at radius 3 is 2.52 bits per heavy atom. The second kappa shape index (κ2) is 6.58. The summed E-state index contributed by atoms with van der Waals surface area (Å²) in [7, 11) is 0. The summed E-state index contributed by atoms with van der Waals surface area (Å²) in [6.45, 7) is 5.98. The Morgan fingerprint density at radius 1 is 1.29 bits per heavy atom. The molecule has 1 atom stereocenters. The first-order valence-electron chi connectivity index (χ1n) is 8.04. The number of amides is 1. The van der Waals surface area contributed by atoms with Crippen molar-refractivity contribution in [3.63, 3.8) is 0 Å². The fourth-order valence-electron chi connectivity index (χ4n) is 3.15. The van der Waals surface area contributed by atoms with Gasteiger partial charge in [0.25, 0.3) is 0 Å². The third-order valence-electron chi connectivity index (χ3n) is 4.46. The summed E-state index contributed by atoms with van der Waals surface area (Å²) < 4.78 is 0. The zero-order valence-electron chi connectivity index (χ0n) is 12.8. The third-order valence-corrected chi connectivity index (χ3v) is 4.46. The molecule has 1 saturated heterocycles. The minimum absolute atomic E-state index is 0.0145. The van der Waals surface area contributed by atoms with Crippen LogP contribution in [-0.4, -0.2) is 37.0 Å². The van der Waals surface area contributed by atoms with Gasteiger partial charge in [-0.15, -0.1) is 0 Å². The SMILES string of the molecule is CC(=O)Nc1ccc([C@@H](CC2CC2)N2CCNCC2)cc1. The lowest BCUT2D eigenvalue weighted by Gasteiger charge is -2.35. The molecule has 4 nitrogen and oxygen atoms in total. The predicted molar refractivity (Wildman–Crippen MR) is 85.3 cm³/mol. The second-order valence-electron chi connectivity index (χ2n) is 6.28. The van der Waals surface area contributed by atoms with Crippen molar-refractivity contribution in [2.45, 2.75) is 32.2 Å². The lowest BCUT2D eigenvalue weighted by Crippen LogP contribution is -2.45. The molecule has 0 spiro atoms. The van der Waals surface area contributed by atoms with Gasteiger partial charge in [-0.3, -0.25) is 9.69 Å². The van der Waals surface area contributed by atoms with E-state index in [0.717, 1.165) is 37.8 Å². The minimum atomic E-state index is -0.0145. The van der Waals surface area contributed by atoms with Crippen molar-refractivity contribution in [3.8, 4) is 0 Å². The summed E-state index contributed by atoms with van der Waals surface area (Å²) in [5.74, 6) is 0.902. The smallest absolute Gasteiger partial charge is 0.221 e. The molecular weight excluding hydrogens is 262 g/mol. The van der Waals surface area contributed by atoms with Crippen LogP contribution in [0.15, 0.2) is 24.3 Å². The Kier molecular flexibility index (Phi) is 4.56. The highest BCUT2D eigenvalue weighted by molar-refractivity contribution is 5.88. The van der Waals surface area contributed by atoms with Gasteiger partial charge in [0.2, 0.25) is 5.91 Å². The minimum Gasteiger partial charge on any atom is -0.326 e. The van der Waals surface area contributed by atoms with Gasteiger partial charge < -0.3 is 10.6 Å². The highest BCUT2D eigenvalue weighted by Crippen LogP contribution is 2.40. The molecule has 114 valence electrons. The van der Waals surface area contributed by atoms with Crippen LogP contribution in [0, 0.1) is 5.92 Å². The van der Waals surface area contributed by atoms with E-state index >= 15 is 0 Å². The van der Waals surface area contributed by atoms with Crippen LogP contribution >= 0.6 is 0 Å². The molecule has 4 heteroatoms. The largest absolute Gasteiger partial charge is 0.326 e. The summed E-state index contributed by atoms with van der Waals surface area (Å²) in [5.41, 5.74) is 2.27. The standard InChI is InChI=1S/C17H25N3O/c1-13(21)19-16-6-4-15(5-7-16)17(12-14-2-3-14)20-10-8-18-9-11-20/h4-7,14,17-18H,2-3,8-12H2,1H3,(H,19,21)/t17-/m1/s1. The van der Waals surface area contributed by atoms with E-state index in [-0.39, 0.29) is 5.91 Å². The molecule has 0 unspecified atom stereocenters. The lowest BCUT2D eigenvalue weighted by atomic mass is 9.98. The van der Waals surface area contributed by atoms with E-state index in [1.54, 1.807) is 6.92 Å². The Morgan fingerprint density at radius 2 is 1.95 bits per heavy atom. The topological polar surface area (TPSA) is 44.4 Å². The maximum absolute atomic E-state index is 11.1. The molecule has 21 heavy (non-hydrogen) atoms. The maximum Gasteiger partial charge on any atom is 0.221 e. The first-order chi connectivity index (χ1) is 10.2. The third kappa shape index (κ3) is 4.05. The number of nitrogens with zero attached hydrogens (tertiary/aromatic N) is 1. The monoisotopic (exact) mass is 287 g/mol. The first kappa shape index (κ1) is 14.5. The van der Waals surface area contributed by atoms with Crippen LogP contribution in [0.2, 0.25) is 0 Å². The number of hydrogen-bond acceptors (Lipinski definition) is 3. The van der Waals surface area contributed by atoms with Crippen LogP contribution in [0.1, 0.15) is 37.8 Å². The lowest BCUT2D eigenvalue weighted by molar-refractivity contribution is -0.114. The molecule has 0 radical (unpaired) electrons.